The highest BCUT2D eigenvalue weighted by atomic mass is 16.4. The largest absolute Gasteiger partial charge is 0.505 e. The maximum absolute atomic E-state index is 11.8. The van der Waals surface area contributed by atoms with E-state index in [1.165, 1.54) is 30.5 Å². The highest BCUT2D eigenvalue weighted by Crippen LogP contribution is 2.12. The molecule has 1 amide bonds. The van der Waals surface area contributed by atoms with Gasteiger partial charge in [-0.3, -0.25) is 4.79 Å². The SMILES string of the molecule is O=C(O)c1ccc(CCNC(=O)c2ncccc2O)cc1. The highest BCUT2D eigenvalue weighted by molar-refractivity contribution is 5.94. The summed E-state index contributed by atoms with van der Waals surface area (Å²) in [5.74, 6) is -1.59. The number of carbonyl (C=O) groups excluding carboxylic acids is 1. The fraction of sp³-hybridized carbons (Fsp3) is 0.133. The van der Waals surface area contributed by atoms with Gasteiger partial charge in [0.05, 0.1) is 5.56 Å². The summed E-state index contributed by atoms with van der Waals surface area (Å²) in [7, 11) is 0. The van der Waals surface area contributed by atoms with Gasteiger partial charge in [-0.1, -0.05) is 12.1 Å². The lowest BCUT2D eigenvalue weighted by molar-refractivity contribution is 0.0696. The maximum Gasteiger partial charge on any atom is 0.335 e. The molecule has 1 aromatic heterocycles. The van der Waals surface area contributed by atoms with Crippen molar-refractivity contribution in [2.45, 2.75) is 6.42 Å². The monoisotopic (exact) mass is 286 g/mol. The van der Waals surface area contributed by atoms with Crippen molar-refractivity contribution in [3.8, 4) is 5.75 Å². The minimum atomic E-state index is -0.972. The summed E-state index contributed by atoms with van der Waals surface area (Å²) in [6.07, 6.45) is 1.98. The Bertz CT molecular complexity index is 653. The van der Waals surface area contributed by atoms with E-state index in [1.54, 1.807) is 12.1 Å². The van der Waals surface area contributed by atoms with Crippen molar-refractivity contribution in [2.24, 2.45) is 0 Å². The Kier molecular flexibility index (Phi) is 4.50. The van der Waals surface area contributed by atoms with Crippen molar-refractivity contribution in [1.82, 2.24) is 10.3 Å². The van der Waals surface area contributed by atoms with Gasteiger partial charge in [0.1, 0.15) is 5.75 Å². The molecule has 1 aromatic carbocycles. The van der Waals surface area contributed by atoms with Crippen molar-refractivity contribution >= 4 is 11.9 Å². The summed E-state index contributed by atoms with van der Waals surface area (Å²) in [4.78, 5) is 26.3. The molecule has 6 nitrogen and oxygen atoms in total. The molecule has 1 heterocycles. The first kappa shape index (κ1) is 14.5. The fourth-order valence-electron chi connectivity index (χ4n) is 1.79. The van der Waals surface area contributed by atoms with Crippen LogP contribution in [0.2, 0.25) is 0 Å². The zero-order chi connectivity index (χ0) is 15.2. The van der Waals surface area contributed by atoms with Crippen LogP contribution in [0.15, 0.2) is 42.6 Å². The van der Waals surface area contributed by atoms with Gasteiger partial charge in [0, 0.05) is 12.7 Å². The van der Waals surface area contributed by atoms with Crippen LogP contribution in [-0.2, 0) is 6.42 Å². The van der Waals surface area contributed by atoms with Crippen molar-refractivity contribution in [3.63, 3.8) is 0 Å². The van der Waals surface area contributed by atoms with E-state index in [4.69, 9.17) is 5.11 Å². The Morgan fingerprint density at radius 1 is 1.14 bits per heavy atom. The van der Waals surface area contributed by atoms with Crippen molar-refractivity contribution in [3.05, 3.63) is 59.4 Å². The number of carboxylic acid groups (broad SMARTS) is 1. The third kappa shape index (κ3) is 3.79. The Morgan fingerprint density at radius 3 is 2.48 bits per heavy atom. The zero-order valence-electron chi connectivity index (χ0n) is 11.1. The first-order valence-corrected chi connectivity index (χ1v) is 6.32. The van der Waals surface area contributed by atoms with Gasteiger partial charge >= 0.3 is 5.97 Å². The summed E-state index contributed by atoms with van der Waals surface area (Å²) in [5.41, 5.74) is 1.12. The minimum Gasteiger partial charge on any atom is -0.505 e. The third-order valence-electron chi connectivity index (χ3n) is 2.90. The molecule has 0 spiro atoms. The molecular formula is C15H14N2O4. The number of aromatic nitrogens is 1. The molecule has 2 aromatic rings. The predicted octanol–water partition coefficient (Wildman–Crippen LogP) is 1.46. The van der Waals surface area contributed by atoms with Crippen LogP contribution in [0.3, 0.4) is 0 Å². The Morgan fingerprint density at radius 2 is 1.86 bits per heavy atom. The summed E-state index contributed by atoms with van der Waals surface area (Å²) in [5, 5.41) is 20.9. The van der Waals surface area contributed by atoms with E-state index in [9.17, 15) is 14.7 Å². The maximum atomic E-state index is 11.8. The summed E-state index contributed by atoms with van der Waals surface area (Å²) in [6, 6.07) is 9.37. The second-order valence-corrected chi connectivity index (χ2v) is 4.38. The number of carboxylic acids is 1. The van der Waals surface area contributed by atoms with Crippen LogP contribution >= 0.6 is 0 Å². The average Bonchev–Trinajstić information content (AvgIpc) is 2.48. The van der Waals surface area contributed by atoms with Crippen molar-refractivity contribution < 1.29 is 19.8 Å². The summed E-state index contributed by atoms with van der Waals surface area (Å²) in [6.45, 7) is 0.362. The molecule has 0 fully saturated rings. The Labute approximate surface area is 121 Å². The van der Waals surface area contributed by atoms with Gasteiger partial charge in [0.25, 0.3) is 5.91 Å². The first-order chi connectivity index (χ1) is 10.1. The normalized spacial score (nSPS) is 10.1. The topological polar surface area (TPSA) is 99.5 Å². The number of benzene rings is 1. The van der Waals surface area contributed by atoms with E-state index < -0.39 is 11.9 Å². The number of hydrogen-bond donors (Lipinski definition) is 3. The number of aromatic hydroxyl groups is 1. The van der Waals surface area contributed by atoms with E-state index in [0.29, 0.717) is 13.0 Å². The molecule has 0 radical (unpaired) electrons. The molecule has 0 bridgehead atoms. The second-order valence-electron chi connectivity index (χ2n) is 4.38. The molecule has 0 aliphatic heterocycles. The molecule has 0 saturated carbocycles. The number of amides is 1. The molecular weight excluding hydrogens is 272 g/mol. The number of nitrogens with one attached hydrogen (secondary N) is 1. The van der Waals surface area contributed by atoms with Gasteiger partial charge in [-0.25, -0.2) is 9.78 Å². The molecule has 2 rings (SSSR count). The molecule has 0 aliphatic carbocycles. The number of rotatable bonds is 5. The lowest BCUT2D eigenvalue weighted by Crippen LogP contribution is -2.26. The quantitative estimate of drug-likeness (QED) is 0.772. The molecule has 0 unspecified atom stereocenters. The third-order valence-corrected chi connectivity index (χ3v) is 2.90. The standard InChI is InChI=1S/C15H14N2O4/c18-12-2-1-8-16-13(12)14(19)17-9-7-10-3-5-11(6-4-10)15(20)21/h1-6,8,18H,7,9H2,(H,17,19)(H,20,21). The van der Waals surface area contributed by atoms with Crippen LogP contribution in [-0.4, -0.2) is 33.6 Å². The van der Waals surface area contributed by atoms with Gasteiger partial charge in [-0.2, -0.15) is 0 Å². The van der Waals surface area contributed by atoms with Crippen molar-refractivity contribution in [1.29, 1.82) is 0 Å². The van der Waals surface area contributed by atoms with Gasteiger partial charge in [0.15, 0.2) is 5.69 Å². The van der Waals surface area contributed by atoms with Crippen LogP contribution in [0, 0.1) is 0 Å². The van der Waals surface area contributed by atoms with Crippen LogP contribution < -0.4 is 5.32 Å². The van der Waals surface area contributed by atoms with E-state index >= 15 is 0 Å². The molecule has 0 saturated heterocycles. The summed E-state index contributed by atoms with van der Waals surface area (Å²) < 4.78 is 0. The lowest BCUT2D eigenvalue weighted by atomic mass is 10.1. The van der Waals surface area contributed by atoms with Gasteiger partial charge in [-0.15, -0.1) is 0 Å². The predicted molar refractivity (Wildman–Crippen MR) is 75.3 cm³/mol. The lowest BCUT2D eigenvalue weighted by Gasteiger charge is -2.06. The van der Waals surface area contributed by atoms with Gasteiger partial charge in [-0.05, 0) is 36.2 Å². The van der Waals surface area contributed by atoms with E-state index in [-0.39, 0.29) is 17.0 Å². The molecule has 0 aliphatic rings. The number of nitrogens with zero attached hydrogens (tertiary/aromatic N) is 1. The summed E-state index contributed by atoms with van der Waals surface area (Å²) >= 11 is 0. The smallest absolute Gasteiger partial charge is 0.335 e. The van der Waals surface area contributed by atoms with E-state index in [1.807, 2.05) is 0 Å². The molecule has 3 N–H and O–H groups in total. The zero-order valence-corrected chi connectivity index (χ0v) is 11.1. The number of pyridine rings is 1. The Balaban J connectivity index is 1.88. The van der Waals surface area contributed by atoms with Gasteiger partial charge < -0.3 is 15.5 Å². The van der Waals surface area contributed by atoms with Gasteiger partial charge in [0.2, 0.25) is 0 Å². The van der Waals surface area contributed by atoms with Crippen LogP contribution in [0.5, 0.6) is 5.75 Å². The molecule has 6 heteroatoms. The number of carbonyl (C=O) groups is 2. The first-order valence-electron chi connectivity index (χ1n) is 6.32. The van der Waals surface area contributed by atoms with E-state index in [2.05, 4.69) is 10.3 Å². The molecule has 0 atom stereocenters. The minimum absolute atomic E-state index is 0.0151. The number of aromatic carboxylic acids is 1. The molecule has 21 heavy (non-hydrogen) atoms. The Hall–Kier alpha value is -2.89. The van der Waals surface area contributed by atoms with Crippen molar-refractivity contribution in [2.75, 3.05) is 6.54 Å². The van der Waals surface area contributed by atoms with E-state index in [0.717, 1.165) is 5.56 Å². The van der Waals surface area contributed by atoms with Crippen LogP contribution in [0.25, 0.3) is 0 Å². The fourth-order valence-corrected chi connectivity index (χ4v) is 1.79. The highest BCUT2D eigenvalue weighted by Gasteiger charge is 2.11. The average molecular weight is 286 g/mol. The molecule has 108 valence electrons. The van der Waals surface area contributed by atoms with Crippen LogP contribution in [0.4, 0.5) is 0 Å². The second kappa shape index (κ2) is 6.51. The van der Waals surface area contributed by atoms with Crippen LogP contribution in [0.1, 0.15) is 26.4 Å². The number of hydrogen-bond acceptors (Lipinski definition) is 4.